The minimum atomic E-state index is -0.911. The topological polar surface area (TPSA) is 55.8 Å². The molecule has 0 radical (unpaired) electrons. The monoisotopic (exact) mass is 254 g/mol. The maximum atomic E-state index is 10.9. The van der Waals surface area contributed by atoms with E-state index in [-0.39, 0.29) is 0 Å². The Hall–Kier alpha value is -1.20. The third-order valence-electron chi connectivity index (χ3n) is 2.61. The summed E-state index contributed by atoms with van der Waals surface area (Å²) in [5.74, 6) is 0.576. The van der Waals surface area contributed by atoms with Crippen molar-refractivity contribution in [2.45, 2.75) is 11.0 Å². The van der Waals surface area contributed by atoms with Crippen LogP contribution in [0.15, 0.2) is 18.2 Å². The van der Waals surface area contributed by atoms with E-state index in [2.05, 4.69) is 0 Å². The van der Waals surface area contributed by atoms with Crippen LogP contribution in [0.4, 0.5) is 0 Å². The number of methoxy groups -OCH3 is 1. The van der Waals surface area contributed by atoms with Crippen molar-refractivity contribution >= 4 is 17.7 Å². The Kier molecular flexibility index (Phi) is 3.91. The Bertz CT molecular complexity index is 415. The zero-order valence-electron chi connectivity index (χ0n) is 9.51. The molecule has 0 amide bonds. The summed E-state index contributed by atoms with van der Waals surface area (Å²) < 4.78 is 10.3. The number of benzene rings is 1. The molecule has 0 aliphatic carbocycles. The number of ether oxygens (including phenoxy) is 2. The number of hydrogen-bond donors (Lipinski definition) is 1. The standard InChI is InChI=1S/C12H14O4S/c1-15-11-3-2-8(12(13)14)4-9(11)7-17-10-5-16-6-10/h2-4,10H,5-7H2,1H3,(H,13,14). The molecule has 5 heteroatoms. The van der Waals surface area contributed by atoms with Crippen molar-refractivity contribution < 1.29 is 19.4 Å². The fraction of sp³-hybridized carbons (Fsp3) is 0.417. The van der Waals surface area contributed by atoms with Gasteiger partial charge in [-0.25, -0.2) is 4.79 Å². The van der Waals surface area contributed by atoms with Crippen molar-refractivity contribution in [3.63, 3.8) is 0 Å². The second kappa shape index (κ2) is 5.42. The van der Waals surface area contributed by atoms with Crippen molar-refractivity contribution in [1.29, 1.82) is 0 Å². The SMILES string of the molecule is COc1ccc(C(=O)O)cc1CSC1COC1. The Morgan fingerprint density at radius 1 is 1.59 bits per heavy atom. The molecule has 4 nitrogen and oxygen atoms in total. The number of aromatic carboxylic acids is 1. The highest BCUT2D eigenvalue weighted by Crippen LogP contribution is 2.29. The molecule has 0 unspecified atom stereocenters. The number of carboxylic acids is 1. The first kappa shape index (κ1) is 12.3. The minimum Gasteiger partial charge on any atom is -0.496 e. The third-order valence-corrected chi connectivity index (χ3v) is 3.83. The molecule has 0 aromatic heterocycles. The van der Waals surface area contributed by atoms with Gasteiger partial charge in [-0.2, -0.15) is 0 Å². The van der Waals surface area contributed by atoms with E-state index in [0.29, 0.717) is 10.8 Å². The van der Waals surface area contributed by atoms with Crippen LogP contribution in [-0.4, -0.2) is 36.6 Å². The van der Waals surface area contributed by atoms with E-state index < -0.39 is 5.97 Å². The summed E-state index contributed by atoms with van der Waals surface area (Å²) >= 11 is 1.77. The van der Waals surface area contributed by atoms with Crippen molar-refractivity contribution in [3.8, 4) is 5.75 Å². The van der Waals surface area contributed by atoms with Crippen LogP contribution < -0.4 is 4.74 Å². The highest BCUT2D eigenvalue weighted by Gasteiger charge is 2.19. The molecule has 1 aliphatic rings. The Morgan fingerprint density at radius 3 is 2.88 bits per heavy atom. The van der Waals surface area contributed by atoms with E-state index in [9.17, 15) is 4.79 Å². The molecule has 0 atom stereocenters. The van der Waals surface area contributed by atoms with Crippen molar-refractivity contribution in [2.24, 2.45) is 0 Å². The predicted octanol–water partition coefficient (Wildman–Crippen LogP) is 2.03. The van der Waals surface area contributed by atoms with Crippen LogP contribution in [-0.2, 0) is 10.5 Å². The number of hydrogen-bond acceptors (Lipinski definition) is 4. The summed E-state index contributed by atoms with van der Waals surface area (Å²) in [5, 5.41) is 9.46. The minimum absolute atomic E-state index is 0.297. The molecular weight excluding hydrogens is 240 g/mol. The lowest BCUT2D eigenvalue weighted by molar-refractivity contribution is 0.0455. The van der Waals surface area contributed by atoms with Crippen LogP contribution in [0.5, 0.6) is 5.75 Å². The molecule has 92 valence electrons. The summed E-state index contributed by atoms with van der Waals surface area (Å²) in [5.41, 5.74) is 1.22. The fourth-order valence-corrected chi connectivity index (χ4v) is 2.57. The van der Waals surface area contributed by atoms with Gasteiger partial charge >= 0.3 is 5.97 Å². The van der Waals surface area contributed by atoms with Crippen LogP contribution in [0, 0.1) is 0 Å². The molecule has 1 aromatic carbocycles. The van der Waals surface area contributed by atoms with Gasteiger partial charge in [0.2, 0.25) is 0 Å². The molecule has 1 N–H and O–H groups in total. The first-order valence-corrected chi connectivity index (χ1v) is 6.35. The van der Waals surface area contributed by atoms with E-state index in [0.717, 1.165) is 30.3 Å². The second-order valence-electron chi connectivity index (χ2n) is 3.80. The summed E-state index contributed by atoms with van der Waals surface area (Å²) in [7, 11) is 1.59. The first-order chi connectivity index (χ1) is 8.20. The van der Waals surface area contributed by atoms with Crippen LogP contribution in [0.25, 0.3) is 0 Å². The van der Waals surface area contributed by atoms with E-state index in [4.69, 9.17) is 14.6 Å². The van der Waals surface area contributed by atoms with Crippen molar-refractivity contribution in [2.75, 3.05) is 20.3 Å². The van der Waals surface area contributed by atoms with Gasteiger partial charge in [-0.15, -0.1) is 11.8 Å². The molecule has 17 heavy (non-hydrogen) atoms. The summed E-state index contributed by atoms with van der Waals surface area (Å²) in [6.45, 7) is 1.57. The Labute approximate surface area is 104 Å². The molecule has 1 aliphatic heterocycles. The van der Waals surface area contributed by atoms with Gasteiger partial charge in [-0.1, -0.05) is 0 Å². The molecule has 1 heterocycles. The molecule has 1 fully saturated rings. The summed E-state index contributed by atoms with van der Waals surface area (Å²) in [6, 6.07) is 4.94. The maximum absolute atomic E-state index is 10.9. The first-order valence-electron chi connectivity index (χ1n) is 5.30. The molecule has 2 rings (SSSR count). The zero-order valence-corrected chi connectivity index (χ0v) is 10.3. The average Bonchev–Trinajstić information content (AvgIpc) is 2.26. The third kappa shape index (κ3) is 2.92. The van der Waals surface area contributed by atoms with Crippen LogP contribution in [0.1, 0.15) is 15.9 Å². The highest BCUT2D eigenvalue weighted by atomic mass is 32.2. The number of carboxylic acid groups (broad SMARTS) is 1. The van der Waals surface area contributed by atoms with Crippen molar-refractivity contribution in [3.05, 3.63) is 29.3 Å². The number of rotatable bonds is 5. The van der Waals surface area contributed by atoms with Gasteiger partial charge in [0.15, 0.2) is 0 Å². The molecule has 1 saturated heterocycles. The quantitative estimate of drug-likeness (QED) is 0.871. The lowest BCUT2D eigenvalue weighted by Crippen LogP contribution is -2.30. The van der Waals surface area contributed by atoms with Gasteiger partial charge in [-0.3, -0.25) is 0 Å². The Balaban J connectivity index is 2.10. The molecular formula is C12H14O4S. The van der Waals surface area contributed by atoms with Crippen LogP contribution in [0.2, 0.25) is 0 Å². The normalized spacial score (nSPS) is 15.4. The second-order valence-corrected chi connectivity index (χ2v) is 5.09. The van der Waals surface area contributed by atoms with Gasteiger partial charge in [0.25, 0.3) is 0 Å². The highest BCUT2D eigenvalue weighted by molar-refractivity contribution is 7.99. The van der Waals surface area contributed by atoms with Gasteiger partial charge in [-0.05, 0) is 18.2 Å². The average molecular weight is 254 g/mol. The fourth-order valence-electron chi connectivity index (χ4n) is 1.54. The lowest BCUT2D eigenvalue weighted by atomic mass is 10.1. The van der Waals surface area contributed by atoms with Crippen LogP contribution in [0.3, 0.4) is 0 Å². The lowest BCUT2D eigenvalue weighted by Gasteiger charge is -2.25. The summed E-state index contributed by atoms with van der Waals surface area (Å²) in [4.78, 5) is 10.9. The Morgan fingerprint density at radius 2 is 2.35 bits per heavy atom. The smallest absolute Gasteiger partial charge is 0.335 e. The van der Waals surface area contributed by atoms with E-state index in [1.165, 1.54) is 0 Å². The predicted molar refractivity (Wildman–Crippen MR) is 65.9 cm³/mol. The van der Waals surface area contributed by atoms with Crippen LogP contribution >= 0.6 is 11.8 Å². The zero-order chi connectivity index (χ0) is 12.3. The van der Waals surface area contributed by atoms with E-state index in [1.54, 1.807) is 37.1 Å². The van der Waals surface area contributed by atoms with Gasteiger partial charge in [0.05, 0.1) is 31.1 Å². The maximum Gasteiger partial charge on any atom is 0.335 e. The number of carbonyl (C=O) groups is 1. The van der Waals surface area contributed by atoms with Gasteiger partial charge in [0, 0.05) is 11.3 Å². The van der Waals surface area contributed by atoms with Crippen molar-refractivity contribution in [1.82, 2.24) is 0 Å². The summed E-state index contributed by atoms with van der Waals surface area (Å²) in [6.07, 6.45) is 0. The largest absolute Gasteiger partial charge is 0.496 e. The number of thioether (sulfide) groups is 1. The molecule has 0 spiro atoms. The molecule has 0 bridgehead atoms. The van der Waals surface area contributed by atoms with Gasteiger partial charge < -0.3 is 14.6 Å². The molecule has 1 aromatic rings. The molecule has 0 saturated carbocycles. The van der Waals surface area contributed by atoms with E-state index in [1.807, 2.05) is 0 Å². The van der Waals surface area contributed by atoms with Gasteiger partial charge in [0.1, 0.15) is 5.75 Å². The van der Waals surface area contributed by atoms with E-state index >= 15 is 0 Å².